The number of piperazine rings is 1. The Labute approximate surface area is 206 Å². The number of carbonyl (C=O) groups is 1. The third kappa shape index (κ3) is 4.90. The van der Waals surface area contributed by atoms with Gasteiger partial charge in [0.1, 0.15) is 11.6 Å². The van der Waals surface area contributed by atoms with Gasteiger partial charge >= 0.3 is 0 Å². The van der Waals surface area contributed by atoms with Crippen molar-refractivity contribution in [1.29, 1.82) is 0 Å². The number of amides is 1. The van der Waals surface area contributed by atoms with Crippen LogP contribution in [0.4, 0.5) is 5.82 Å². The third-order valence-electron chi connectivity index (χ3n) is 6.45. The maximum absolute atomic E-state index is 12.6. The molecule has 0 bridgehead atoms. The van der Waals surface area contributed by atoms with Gasteiger partial charge in [-0.1, -0.05) is 62.4 Å². The van der Waals surface area contributed by atoms with E-state index in [9.17, 15) is 4.79 Å². The molecule has 0 atom stereocenters. The minimum Gasteiger partial charge on any atom is -0.352 e. The Hall–Kier alpha value is -3.74. The fourth-order valence-corrected chi connectivity index (χ4v) is 4.69. The van der Waals surface area contributed by atoms with Gasteiger partial charge in [0, 0.05) is 39.0 Å². The van der Waals surface area contributed by atoms with Gasteiger partial charge in [0.2, 0.25) is 5.91 Å². The van der Waals surface area contributed by atoms with E-state index in [-0.39, 0.29) is 5.91 Å². The zero-order chi connectivity index (χ0) is 24.4. The first kappa shape index (κ1) is 23.0. The summed E-state index contributed by atoms with van der Waals surface area (Å²) in [6.07, 6.45) is 1.25. The number of rotatable bonds is 6. The van der Waals surface area contributed by atoms with Gasteiger partial charge in [0.05, 0.1) is 16.8 Å². The number of aromatic nitrogens is 4. The van der Waals surface area contributed by atoms with E-state index in [0.29, 0.717) is 31.8 Å². The Morgan fingerprint density at radius 3 is 2.23 bits per heavy atom. The van der Waals surface area contributed by atoms with Gasteiger partial charge in [-0.3, -0.25) is 4.79 Å². The van der Waals surface area contributed by atoms with E-state index < -0.39 is 0 Å². The molecule has 3 heterocycles. The molecular weight excluding hydrogens is 436 g/mol. The van der Waals surface area contributed by atoms with Crippen LogP contribution < -0.4 is 4.90 Å². The van der Waals surface area contributed by atoms with Crippen molar-refractivity contribution in [3.05, 3.63) is 77.7 Å². The number of aryl methyl sites for hydroxylation is 1. The zero-order valence-corrected chi connectivity index (χ0v) is 20.7. The molecule has 2 aromatic carbocycles. The van der Waals surface area contributed by atoms with Crippen LogP contribution in [0.25, 0.3) is 16.7 Å². The molecule has 180 valence electrons. The molecule has 5 rings (SSSR count). The van der Waals surface area contributed by atoms with Crippen molar-refractivity contribution in [2.24, 2.45) is 5.92 Å². The van der Waals surface area contributed by atoms with Crippen molar-refractivity contribution in [2.75, 3.05) is 31.1 Å². The van der Waals surface area contributed by atoms with Crippen LogP contribution in [0.2, 0.25) is 0 Å². The summed E-state index contributed by atoms with van der Waals surface area (Å²) >= 11 is 0. The lowest BCUT2D eigenvalue weighted by Gasteiger charge is -2.36. The highest BCUT2D eigenvalue weighted by Crippen LogP contribution is 2.30. The van der Waals surface area contributed by atoms with Crippen molar-refractivity contribution in [1.82, 2.24) is 24.6 Å². The van der Waals surface area contributed by atoms with Gasteiger partial charge < -0.3 is 9.80 Å². The average molecular weight is 469 g/mol. The number of nitrogens with zero attached hydrogens (tertiary/aromatic N) is 6. The van der Waals surface area contributed by atoms with Crippen LogP contribution in [0.1, 0.15) is 37.4 Å². The first-order valence-electron chi connectivity index (χ1n) is 12.4. The molecule has 35 heavy (non-hydrogen) atoms. The Kier molecular flexibility index (Phi) is 6.49. The smallest absolute Gasteiger partial charge is 0.222 e. The average Bonchev–Trinajstić information content (AvgIpc) is 3.20. The summed E-state index contributed by atoms with van der Waals surface area (Å²) < 4.78 is 1.92. The molecule has 1 aliphatic heterocycles. The van der Waals surface area contributed by atoms with Crippen LogP contribution in [-0.4, -0.2) is 56.7 Å². The fraction of sp³-hybridized carbons (Fsp3) is 0.357. The second-order valence-electron chi connectivity index (χ2n) is 9.62. The van der Waals surface area contributed by atoms with E-state index in [1.807, 2.05) is 65.0 Å². The molecule has 0 spiro atoms. The Morgan fingerprint density at radius 1 is 0.914 bits per heavy atom. The van der Waals surface area contributed by atoms with Crippen LogP contribution >= 0.6 is 0 Å². The van der Waals surface area contributed by atoms with E-state index in [1.54, 1.807) is 0 Å². The maximum Gasteiger partial charge on any atom is 0.222 e. The van der Waals surface area contributed by atoms with Gasteiger partial charge in [-0.2, -0.15) is 5.10 Å². The highest BCUT2D eigenvalue weighted by atomic mass is 16.2. The SMILES string of the molecule is Cc1nn(-c2ccccc2)c2nc(Cc3ccccc3)nc(N3CCN(C(=O)CC(C)C)CC3)c12. The zero-order valence-electron chi connectivity index (χ0n) is 20.7. The van der Waals surface area contributed by atoms with Crippen molar-refractivity contribution < 1.29 is 4.79 Å². The number of benzene rings is 2. The van der Waals surface area contributed by atoms with Crippen molar-refractivity contribution in [3.8, 4) is 5.69 Å². The molecule has 0 aliphatic carbocycles. The first-order chi connectivity index (χ1) is 17.0. The predicted molar refractivity (Wildman–Crippen MR) is 139 cm³/mol. The Morgan fingerprint density at radius 2 is 1.57 bits per heavy atom. The summed E-state index contributed by atoms with van der Waals surface area (Å²) in [6.45, 7) is 9.11. The third-order valence-corrected chi connectivity index (χ3v) is 6.45. The molecule has 0 N–H and O–H groups in total. The molecule has 1 fully saturated rings. The molecule has 1 amide bonds. The molecule has 2 aromatic heterocycles. The predicted octanol–water partition coefficient (Wildman–Crippen LogP) is 4.41. The second kappa shape index (κ2) is 9.86. The fourth-order valence-electron chi connectivity index (χ4n) is 4.69. The van der Waals surface area contributed by atoms with Crippen molar-refractivity contribution in [2.45, 2.75) is 33.6 Å². The molecule has 0 radical (unpaired) electrons. The minimum atomic E-state index is 0.241. The quantitative estimate of drug-likeness (QED) is 0.419. The molecular formula is C28H32N6O. The van der Waals surface area contributed by atoms with E-state index >= 15 is 0 Å². The normalized spacial score (nSPS) is 14.2. The molecule has 0 unspecified atom stereocenters. The highest BCUT2D eigenvalue weighted by Gasteiger charge is 2.26. The molecule has 1 saturated heterocycles. The lowest BCUT2D eigenvalue weighted by Crippen LogP contribution is -2.49. The van der Waals surface area contributed by atoms with Gasteiger partial charge in [0.15, 0.2) is 5.65 Å². The number of para-hydroxylation sites is 1. The van der Waals surface area contributed by atoms with E-state index in [4.69, 9.17) is 15.1 Å². The Bertz CT molecular complexity index is 1310. The van der Waals surface area contributed by atoms with Crippen LogP contribution in [0.5, 0.6) is 0 Å². The minimum absolute atomic E-state index is 0.241. The van der Waals surface area contributed by atoms with E-state index in [0.717, 1.165) is 47.1 Å². The molecule has 7 heteroatoms. The van der Waals surface area contributed by atoms with Crippen LogP contribution in [-0.2, 0) is 11.2 Å². The lowest BCUT2D eigenvalue weighted by atomic mass is 10.1. The summed E-state index contributed by atoms with van der Waals surface area (Å²) in [6, 6.07) is 20.4. The second-order valence-corrected chi connectivity index (χ2v) is 9.62. The monoisotopic (exact) mass is 468 g/mol. The summed E-state index contributed by atoms with van der Waals surface area (Å²) in [5, 5.41) is 5.84. The topological polar surface area (TPSA) is 67.2 Å². The highest BCUT2D eigenvalue weighted by molar-refractivity contribution is 5.91. The summed E-state index contributed by atoms with van der Waals surface area (Å²) in [4.78, 5) is 26.9. The van der Waals surface area contributed by atoms with Crippen molar-refractivity contribution >= 4 is 22.8 Å². The van der Waals surface area contributed by atoms with Crippen LogP contribution in [0.15, 0.2) is 60.7 Å². The molecule has 0 saturated carbocycles. The van der Waals surface area contributed by atoms with E-state index in [1.165, 1.54) is 5.56 Å². The number of hydrogen-bond acceptors (Lipinski definition) is 5. The Balaban J connectivity index is 1.53. The number of hydrogen-bond donors (Lipinski definition) is 0. The maximum atomic E-state index is 12.6. The number of carbonyl (C=O) groups excluding carboxylic acids is 1. The number of anilines is 1. The van der Waals surface area contributed by atoms with Crippen LogP contribution in [0, 0.1) is 12.8 Å². The van der Waals surface area contributed by atoms with Gasteiger partial charge in [-0.25, -0.2) is 14.6 Å². The molecule has 7 nitrogen and oxygen atoms in total. The largest absolute Gasteiger partial charge is 0.352 e. The standard InChI is InChI=1S/C28H32N6O/c1-20(2)18-25(35)32-14-16-33(17-15-32)27-26-21(3)31-34(23-12-8-5-9-13-23)28(26)30-24(29-27)19-22-10-6-4-7-11-22/h4-13,20H,14-19H2,1-3H3. The molecule has 4 aromatic rings. The van der Waals surface area contributed by atoms with Crippen molar-refractivity contribution in [3.63, 3.8) is 0 Å². The lowest BCUT2D eigenvalue weighted by molar-refractivity contribution is -0.132. The summed E-state index contributed by atoms with van der Waals surface area (Å²) in [5.74, 6) is 2.30. The summed E-state index contributed by atoms with van der Waals surface area (Å²) in [7, 11) is 0. The van der Waals surface area contributed by atoms with Gasteiger partial charge in [0.25, 0.3) is 0 Å². The number of fused-ring (bicyclic) bond motifs is 1. The first-order valence-corrected chi connectivity index (χ1v) is 12.4. The molecule has 1 aliphatic rings. The summed E-state index contributed by atoms with van der Waals surface area (Å²) in [5.41, 5.74) is 3.88. The van der Waals surface area contributed by atoms with Gasteiger partial charge in [-0.05, 0) is 30.5 Å². The van der Waals surface area contributed by atoms with E-state index in [2.05, 4.69) is 30.9 Å². The van der Waals surface area contributed by atoms with Gasteiger partial charge in [-0.15, -0.1) is 0 Å². The van der Waals surface area contributed by atoms with Crippen LogP contribution in [0.3, 0.4) is 0 Å².